The maximum Gasteiger partial charge on any atom is 0.222 e. The molecule has 0 aliphatic carbocycles. The molecule has 0 bridgehead atoms. The van der Waals surface area contributed by atoms with Crippen LogP contribution >= 0.6 is 11.8 Å². The average Bonchev–Trinajstić information content (AvgIpc) is 2.73. The fourth-order valence-corrected chi connectivity index (χ4v) is 4.98. The van der Waals surface area contributed by atoms with Crippen molar-refractivity contribution in [2.24, 2.45) is 4.99 Å². The first-order chi connectivity index (χ1) is 13.2. The van der Waals surface area contributed by atoms with Gasteiger partial charge in [-0.1, -0.05) is 31.2 Å². The van der Waals surface area contributed by atoms with Gasteiger partial charge in [-0.2, -0.15) is 11.8 Å². The van der Waals surface area contributed by atoms with Gasteiger partial charge in [0, 0.05) is 57.2 Å². The van der Waals surface area contributed by atoms with Crippen LogP contribution in [-0.2, 0) is 17.8 Å². The van der Waals surface area contributed by atoms with Crippen LogP contribution in [0.3, 0.4) is 0 Å². The molecule has 2 aliphatic rings. The summed E-state index contributed by atoms with van der Waals surface area (Å²) in [5.74, 6) is 2.41. The predicted molar refractivity (Wildman–Crippen MR) is 114 cm³/mol. The molecule has 1 N–H and O–H groups in total. The number of hydrogen-bond donors (Lipinski definition) is 1. The average molecular weight is 389 g/mol. The van der Waals surface area contributed by atoms with Crippen LogP contribution in [-0.4, -0.2) is 65.9 Å². The lowest BCUT2D eigenvalue weighted by Crippen LogP contribution is -2.48. The second kappa shape index (κ2) is 10.0. The summed E-state index contributed by atoms with van der Waals surface area (Å²) in [6, 6.07) is 8.46. The zero-order chi connectivity index (χ0) is 19.1. The van der Waals surface area contributed by atoms with E-state index in [0.717, 1.165) is 57.3 Å². The van der Waals surface area contributed by atoms with Crippen LogP contribution < -0.4 is 5.32 Å². The molecule has 5 nitrogen and oxygen atoms in total. The number of nitrogens with zero attached hydrogens (tertiary/aromatic N) is 3. The van der Waals surface area contributed by atoms with Crippen molar-refractivity contribution < 1.29 is 4.79 Å². The van der Waals surface area contributed by atoms with Crippen molar-refractivity contribution in [1.29, 1.82) is 0 Å². The molecular formula is C21H32N4OS. The summed E-state index contributed by atoms with van der Waals surface area (Å²) >= 11 is 2.06. The Morgan fingerprint density at radius 1 is 1.26 bits per heavy atom. The van der Waals surface area contributed by atoms with E-state index in [4.69, 9.17) is 0 Å². The molecule has 0 radical (unpaired) electrons. The third kappa shape index (κ3) is 5.41. The molecule has 1 fully saturated rings. The van der Waals surface area contributed by atoms with Gasteiger partial charge in [-0.15, -0.1) is 0 Å². The van der Waals surface area contributed by atoms with Gasteiger partial charge < -0.3 is 15.1 Å². The molecule has 6 heteroatoms. The second-order valence-corrected chi connectivity index (χ2v) is 8.67. The third-order valence-corrected chi connectivity index (χ3v) is 6.81. The molecule has 1 aromatic rings. The topological polar surface area (TPSA) is 47.9 Å². The highest BCUT2D eigenvalue weighted by Gasteiger charge is 2.22. The standard InChI is InChI=1S/C21H32N4OS/c1-3-19-16-25(13-14-27-19)21(22-2)23-11-6-9-20(26)24-12-10-17-7-4-5-8-18(17)15-24/h4-5,7-8,19H,3,6,9-16H2,1-2H3,(H,22,23). The minimum atomic E-state index is 0.265. The minimum absolute atomic E-state index is 0.265. The molecule has 1 aromatic carbocycles. The summed E-state index contributed by atoms with van der Waals surface area (Å²) < 4.78 is 0. The quantitative estimate of drug-likeness (QED) is 0.479. The normalized spacial score (nSPS) is 20.4. The molecule has 0 aromatic heterocycles. The first-order valence-electron chi connectivity index (χ1n) is 10.1. The van der Waals surface area contributed by atoms with Crippen molar-refractivity contribution in [3.05, 3.63) is 35.4 Å². The molecule has 0 saturated carbocycles. The summed E-state index contributed by atoms with van der Waals surface area (Å²) in [7, 11) is 1.85. The Morgan fingerprint density at radius 2 is 2.07 bits per heavy atom. The van der Waals surface area contributed by atoms with Crippen molar-refractivity contribution in [2.45, 2.75) is 44.4 Å². The lowest BCUT2D eigenvalue weighted by Gasteiger charge is -2.34. The second-order valence-electron chi connectivity index (χ2n) is 7.26. The first kappa shape index (κ1) is 20.1. The Labute approximate surface area is 167 Å². The number of guanidine groups is 1. The fraction of sp³-hybridized carbons (Fsp3) is 0.619. The van der Waals surface area contributed by atoms with E-state index in [-0.39, 0.29) is 5.91 Å². The molecule has 2 aliphatic heterocycles. The van der Waals surface area contributed by atoms with Gasteiger partial charge >= 0.3 is 0 Å². The van der Waals surface area contributed by atoms with E-state index in [0.29, 0.717) is 11.7 Å². The van der Waals surface area contributed by atoms with E-state index < -0.39 is 0 Å². The highest BCUT2D eigenvalue weighted by Crippen LogP contribution is 2.21. The summed E-state index contributed by atoms with van der Waals surface area (Å²) in [5, 5.41) is 4.15. The summed E-state index contributed by atoms with van der Waals surface area (Å²) in [4.78, 5) is 21.4. The Kier molecular flexibility index (Phi) is 7.44. The van der Waals surface area contributed by atoms with Crippen molar-refractivity contribution in [2.75, 3.05) is 39.0 Å². The van der Waals surface area contributed by atoms with Gasteiger partial charge in [0.2, 0.25) is 5.91 Å². The van der Waals surface area contributed by atoms with E-state index in [2.05, 4.69) is 58.2 Å². The Morgan fingerprint density at radius 3 is 2.85 bits per heavy atom. The van der Waals surface area contributed by atoms with Gasteiger partial charge in [-0.05, 0) is 30.4 Å². The fourth-order valence-electron chi connectivity index (χ4n) is 3.80. The number of carbonyl (C=O) groups is 1. The van der Waals surface area contributed by atoms with Crippen molar-refractivity contribution in [3.8, 4) is 0 Å². The lowest BCUT2D eigenvalue weighted by atomic mass is 9.99. The molecule has 1 amide bonds. The number of thioether (sulfide) groups is 1. The Hall–Kier alpha value is -1.69. The summed E-state index contributed by atoms with van der Waals surface area (Å²) in [6.45, 7) is 6.76. The van der Waals surface area contributed by atoms with Crippen molar-refractivity contribution >= 4 is 23.6 Å². The highest BCUT2D eigenvalue weighted by atomic mass is 32.2. The summed E-state index contributed by atoms with van der Waals surface area (Å²) in [5.41, 5.74) is 2.68. The Balaban J connectivity index is 1.40. The smallest absolute Gasteiger partial charge is 0.222 e. The number of carbonyl (C=O) groups excluding carboxylic acids is 1. The molecule has 3 rings (SSSR count). The van der Waals surface area contributed by atoms with Gasteiger partial charge in [-0.3, -0.25) is 9.79 Å². The predicted octanol–water partition coefficient (Wildman–Crippen LogP) is 2.75. The maximum atomic E-state index is 12.6. The molecule has 27 heavy (non-hydrogen) atoms. The van der Waals surface area contributed by atoms with E-state index >= 15 is 0 Å². The molecule has 148 valence electrons. The number of rotatable bonds is 5. The maximum absolute atomic E-state index is 12.6. The number of benzene rings is 1. The first-order valence-corrected chi connectivity index (χ1v) is 11.2. The molecular weight excluding hydrogens is 356 g/mol. The monoisotopic (exact) mass is 388 g/mol. The van der Waals surface area contributed by atoms with Gasteiger partial charge in [0.25, 0.3) is 0 Å². The van der Waals surface area contributed by atoms with Crippen LogP contribution in [0.2, 0.25) is 0 Å². The van der Waals surface area contributed by atoms with Gasteiger partial charge in [-0.25, -0.2) is 0 Å². The zero-order valence-corrected chi connectivity index (χ0v) is 17.4. The van der Waals surface area contributed by atoms with Crippen LogP contribution in [0.25, 0.3) is 0 Å². The van der Waals surface area contributed by atoms with Gasteiger partial charge in [0.1, 0.15) is 0 Å². The molecule has 0 spiro atoms. The largest absolute Gasteiger partial charge is 0.356 e. The number of amides is 1. The van der Waals surface area contributed by atoms with E-state index in [1.54, 1.807) is 0 Å². The number of nitrogens with one attached hydrogen (secondary N) is 1. The number of fused-ring (bicyclic) bond motifs is 1. The van der Waals surface area contributed by atoms with E-state index in [1.165, 1.54) is 17.5 Å². The SMILES string of the molecule is CCC1CN(C(=NC)NCCCC(=O)N2CCc3ccccc3C2)CCS1. The third-order valence-electron chi connectivity index (χ3n) is 5.44. The van der Waals surface area contributed by atoms with E-state index in [1.807, 2.05) is 11.9 Å². The number of hydrogen-bond acceptors (Lipinski definition) is 3. The van der Waals surface area contributed by atoms with Crippen molar-refractivity contribution in [1.82, 2.24) is 15.1 Å². The summed E-state index contributed by atoms with van der Waals surface area (Å²) in [6.07, 6.45) is 3.61. The van der Waals surface area contributed by atoms with Gasteiger partial charge in [0.05, 0.1) is 0 Å². The van der Waals surface area contributed by atoms with Crippen LogP contribution in [0, 0.1) is 0 Å². The van der Waals surface area contributed by atoms with Crippen LogP contribution in [0.5, 0.6) is 0 Å². The van der Waals surface area contributed by atoms with Crippen LogP contribution in [0.15, 0.2) is 29.3 Å². The lowest BCUT2D eigenvalue weighted by molar-refractivity contribution is -0.132. The van der Waals surface area contributed by atoms with Gasteiger partial charge in [0.15, 0.2) is 5.96 Å². The molecule has 1 saturated heterocycles. The number of aliphatic imine (C=N–C) groups is 1. The molecule has 2 heterocycles. The zero-order valence-electron chi connectivity index (χ0n) is 16.6. The van der Waals surface area contributed by atoms with Crippen molar-refractivity contribution in [3.63, 3.8) is 0 Å². The highest BCUT2D eigenvalue weighted by molar-refractivity contribution is 8.00. The van der Waals surface area contributed by atoms with Crippen LogP contribution in [0.1, 0.15) is 37.3 Å². The van der Waals surface area contributed by atoms with E-state index in [9.17, 15) is 4.79 Å². The molecule has 1 unspecified atom stereocenters. The Bertz CT molecular complexity index is 663. The molecule has 1 atom stereocenters. The van der Waals surface area contributed by atoms with Crippen LogP contribution in [0.4, 0.5) is 0 Å². The minimum Gasteiger partial charge on any atom is -0.356 e.